The van der Waals surface area contributed by atoms with Gasteiger partial charge in [-0.1, -0.05) is 0 Å². The van der Waals surface area contributed by atoms with Crippen LogP contribution < -0.4 is 24.8 Å². The van der Waals surface area contributed by atoms with Crippen LogP contribution in [0.4, 0.5) is 0 Å². The Morgan fingerprint density at radius 1 is 0.633 bits per heavy atom. The van der Waals surface area contributed by atoms with E-state index in [1.807, 2.05) is 6.49 Å². The first-order valence-electron chi connectivity index (χ1n) is 22.2. The monoisotopic (exact) mass is 912 g/mol. The van der Waals surface area contributed by atoms with E-state index in [0.717, 1.165) is 25.7 Å². The van der Waals surface area contributed by atoms with Crippen LogP contribution in [0.25, 0.3) is 22.3 Å². The third-order valence-electron chi connectivity index (χ3n) is 13.8. The van der Waals surface area contributed by atoms with E-state index in [9.17, 15) is 0 Å². The Kier molecular flexibility index (Phi) is 12.7. The second-order valence-electron chi connectivity index (χ2n) is 22.2. The van der Waals surface area contributed by atoms with E-state index in [-0.39, 0.29) is 51.9 Å². The van der Waals surface area contributed by atoms with Crippen molar-refractivity contribution in [3.63, 3.8) is 0 Å². The van der Waals surface area contributed by atoms with Gasteiger partial charge in [0.2, 0.25) is 0 Å². The molecule has 60 heavy (non-hydrogen) atoms. The van der Waals surface area contributed by atoms with Gasteiger partial charge in [-0.25, -0.2) is 0 Å². The van der Waals surface area contributed by atoms with E-state index in [0.29, 0.717) is 5.92 Å². The molecule has 0 aliphatic heterocycles. The molecule has 0 spiro atoms. The van der Waals surface area contributed by atoms with Gasteiger partial charge >= 0.3 is 362 Å². The summed E-state index contributed by atoms with van der Waals surface area (Å²) >= 11 is -2.91. The molecule has 1 unspecified atom stereocenters. The van der Waals surface area contributed by atoms with Gasteiger partial charge in [-0.3, -0.25) is 0 Å². The van der Waals surface area contributed by atoms with Crippen LogP contribution >= 0.6 is 0 Å². The maximum atomic E-state index is 2.74. The first-order chi connectivity index (χ1) is 27.1. The molecule has 0 bridgehead atoms. The van der Waals surface area contributed by atoms with Gasteiger partial charge in [0.05, 0.1) is 0 Å². The fourth-order valence-electron chi connectivity index (χ4n) is 10.8. The average Bonchev–Trinajstić information content (AvgIpc) is 3.86. The van der Waals surface area contributed by atoms with E-state index in [4.69, 9.17) is 0 Å². The van der Waals surface area contributed by atoms with Crippen LogP contribution in [0.15, 0.2) is 115 Å². The molecule has 0 amide bonds. The number of fused-ring (bicyclic) bond motifs is 5. The number of hydrogen-bond acceptors (Lipinski definition) is 0. The van der Waals surface area contributed by atoms with Crippen LogP contribution in [-0.2, 0) is 51.4 Å². The Morgan fingerprint density at radius 3 is 1.63 bits per heavy atom. The standard InChI is InChI=1S/C31H37.C15H14.C11H17.2ClH.Zr/c1-28(2,3)26-16-30(7,8)24-12-18-11-19-13-25-23(15-21(19)20(18)14-22(24)26)27(29(4,5)6)17-31(25,9)10;1-3-8-14(9-4-1)12-7-13-15-10-5-2-6-11-15;1-5-9-6-7-10(8-9)11(2,3)4;;;/h12-16H,11H2,1-10H3;1-6,8-11H,12-13H2;7-9H,5H2,1-4H3;2*1H;/q;;;;;+2/p-2. The smallest absolute Gasteiger partial charge is 1.00 e. The minimum absolute atomic E-state index is 0. The van der Waals surface area contributed by atoms with Crippen LogP contribution in [0.1, 0.15) is 148 Å². The molecule has 4 aliphatic carbocycles. The number of allylic oxidation sites excluding steroid dienone is 8. The Hall–Kier alpha value is -2.83. The number of hydrogen-bond donors (Lipinski definition) is 0. The van der Waals surface area contributed by atoms with Gasteiger partial charge in [0, 0.05) is 0 Å². The number of benzene rings is 4. The summed E-state index contributed by atoms with van der Waals surface area (Å²) in [5.41, 5.74) is 19.8. The van der Waals surface area contributed by atoms with Gasteiger partial charge in [0.25, 0.3) is 0 Å². The van der Waals surface area contributed by atoms with Gasteiger partial charge in [-0.15, -0.1) is 0 Å². The number of halogens is 2. The molecule has 8 rings (SSSR count). The van der Waals surface area contributed by atoms with Crippen LogP contribution in [0.3, 0.4) is 0 Å². The zero-order valence-corrected chi connectivity index (χ0v) is 42.9. The summed E-state index contributed by atoms with van der Waals surface area (Å²) in [5.74, 6) is 0.492. The second kappa shape index (κ2) is 16.4. The molecule has 0 radical (unpaired) electrons. The van der Waals surface area contributed by atoms with E-state index in [2.05, 4.69) is 200 Å². The normalized spacial score (nSPS) is 18.2. The zero-order chi connectivity index (χ0) is 41.7. The number of rotatable bonds is 7. The third kappa shape index (κ3) is 8.24. The zero-order valence-electron chi connectivity index (χ0n) is 39.0. The van der Waals surface area contributed by atoms with E-state index in [1.165, 1.54) is 61.2 Å². The molecule has 3 heteroatoms. The van der Waals surface area contributed by atoms with Crippen LogP contribution in [-0.4, -0.2) is 3.21 Å². The molecule has 0 nitrogen and oxygen atoms in total. The SMILES string of the molecule is CCC1C=C(C(C)(C)C)C=[C]1[Zr+2]([C]1=C(C(C)(C)C)c2cc3c(cc2C1(C)C)Cc1cc2c(cc1-3)C(C(C)(C)C)=CC2(C)C)=[C](Cc1ccccc1)Cc1ccccc1.[Cl-].[Cl-]. The Bertz CT molecular complexity index is 2440. The van der Waals surface area contributed by atoms with Gasteiger partial charge < -0.3 is 24.8 Å². The molecule has 0 fully saturated rings. The topological polar surface area (TPSA) is 0 Å². The Labute approximate surface area is 384 Å². The van der Waals surface area contributed by atoms with Crippen molar-refractivity contribution in [1.29, 1.82) is 0 Å². The fourth-order valence-corrected chi connectivity index (χ4v) is 21.4. The molecule has 4 aromatic carbocycles. The van der Waals surface area contributed by atoms with Gasteiger partial charge in [0.1, 0.15) is 0 Å². The molecular weight excluding hydrogens is 847 g/mol. The average molecular weight is 915 g/mol. The Balaban J connectivity index is 0.00000302. The summed E-state index contributed by atoms with van der Waals surface area (Å²) < 4.78 is 5.43. The summed E-state index contributed by atoms with van der Waals surface area (Å²) in [6.45, 7) is 34.4. The predicted molar refractivity (Wildman–Crippen MR) is 249 cm³/mol. The maximum absolute atomic E-state index is 2.91. The summed E-state index contributed by atoms with van der Waals surface area (Å²) in [5, 5.41) is 0. The van der Waals surface area contributed by atoms with E-state index >= 15 is 0 Å². The summed E-state index contributed by atoms with van der Waals surface area (Å²) in [7, 11) is 0. The molecule has 0 aromatic heterocycles. The van der Waals surface area contributed by atoms with Crippen LogP contribution in [0.2, 0.25) is 0 Å². The first-order valence-corrected chi connectivity index (χ1v) is 25.9. The van der Waals surface area contributed by atoms with Crippen molar-refractivity contribution in [2.75, 3.05) is 0 Å². The van der Waals surface area contributed by atoms with Crippen molar-refractivity contribution >= 4 is 14.4 Å². The quantitative estimate of drug-likeness (QED) is 0.153. The Morgan fingerprint density at radius 2 is 1.15 bits per heavy atom. The van der Waals surface area contributed by atoms with E-state index in [1.54, 1.807) is 14.4 Å². The summed E-state index contributed by atoms with van der Waals surface area (Å²) in [4.78, 5) is 0. The van der Waals surface area contributed by atoms with Crippen molar-refractivity contribution in [2.24, 2.45) is 22.2 Å². The largest absolute Gasteiger partial charge is 1.00 e. The molecular formula is C57H68Cl2Zr. The predicted octanol–water partition coefficient (Wildman–Crippen LogP) is 9.21. The minimum Gasteiger partial charge on any atom is -1.00 e. The summed E-state index contributed by atoms with van der Waals surface area (Å²) in [6, 6.07) is 33.4. The third-order valence-corrected chi connectivity index (χ3v) is 22.5. The second-order valence-corrected chi connectivity index (χ2v) is 28.5. The molecule has 0 saturated heterocycles. The van der Waals surface area contributed by atoms with Crippen LogP contribution in [0, 0.1) is 22.2 Å². The van der Waals surface area contributed by atoms with Gasteiger partial charge in [-0.05, 0) is 0 Å². The van der Waals surface area contributed by atoms with Crippen molar-refractivity contribution in [3.05, 3.63) is 160 Å². The molecule has 0 saturated carbocycles. The van der Waals surface area contributed by atoms with E-state index < -0.39 is 21.3 Å². The summed E-state index contributed by atoms with van der Waals surface area (Å²) in [6.07, 6.45) is 12.2. The van der Waals surface area contributed by atoms with Gasteiger partial charge in [-0.2, -0.15) is 0 Å². The van der Waals surface area contributed by atoms with Crippen molar-refractivity contribution in [2.45, 2.75) is 133 Å². The minimum atomic E-state index is -2.91. The molecule has 4 aromatic rings. The van der Waals surface area contributed by atoms with Crippen molar-refractivity contribution in [1.82, 2.24) is 0 Å². The fraction of sp³-hybridized carbons (Fsp3) is 0.421. The maximum Gasteiger partial charge on any atom is -1.00 e. The van der Waals surface area contributed by atoms with Crippen molar-refractivity contribution in [3.8, 4) is 11.1 Å². The van der Waals surface area contributed by atoms with Gasteiger partial charge in [0.15, 0.2) is 0 Å². The molecule has 0 N–H and O–H groups in total. The van der Waals surface area contributed by atoms with Crippen LogP contribution in [0.5, 0.6) is 0 Å². The van der Waals surface area contributed by atoms with Crippen molar-refractivity contribution < 1.29 is 46.1 Å². The first kappa shape index (κ1) is 46.7. The molecule has 4 aliphatic rings. The molecule has 1 atom stereocenters. The molecule has 314 valence electrons. The molecule has 0 heterocycles.